The lowest BCUT2D eigenvalue weighted by Crippen LogP contribution is -2.59. The summed E-state index contributed by atoms with van der Waals surface area (Å²) >= 11 is 0. The Morgan fingerprint density at radius 2 is 1.40 bits per heavy atom. The van der Waals surface area contributed by atoms with E-state index in [0.29, 0.717) is 81.9 Å². The van der Waals surface area contributed by atoms with Crippen molar-refractivity contribution in [2.45, 2.75) is 129 Å². The molecule has 3 aliphatic rings. The molecule has 1 N–H and O–H groups in total. The fourth-order valence-electron chi connectivity index (χ4n) is 9.83. The van der Waals surface area contributed by atoms with E-state index in [1.807, 2.05) is 0 Å². The number of aliphatic hydroxyl groups excluding tert-OH is 1. The normalized spacial score (nSPS) is 33.1. The molecule has 0 aromatic heterocycles. The highest BCUT2D eigenvalue weighted by atomic mass is 16.5. The van der Waals surface area contributed by atoms with Gasteiger partial charge in [0.05, 0.1) is 18.3 Å². The monoisotopic (exact) mass is 659 g/mol. The van der Waals surface area contributed by atoms with Gasteiger partial charge in [0.1, 0.15) is 0 Å². The Morgan fingerprint density at radius 3 is 1.98 bits per heavy atom. The average Bonchev–Trinajstić information content (AvgIpc) is 3.44. The molecule has 8 atom stereocenters. The predicted molar refractivity (Wildman–Crippen MR) is 183 cm³/mol. The molecule has 0 aromatic rings. The third kappa shape index (κ3) is 10.4. The third-order valence-electron chi connectivity index (χ3n) is 12.2. The van der Waals surface area contributed by atoms with Crippen LogP contribution in [0.5, 0.6) is 0 Å². The quantitative estimate of drug-likeness (QED) is 0.0523. The van der Waals surface area contributed by atoms with Gasteiger partial charge in [-0.2, -0.15) is 0 Å². The maximum absolute atomic E-state index is 9.66. The maximum Gasteiger partial charge on any atom is 0.0637 e. The first kappa shape index (κ1) is 39.2. The summed E-state index contributed by atoms with van der Waals surface area (Å²) in [6.45, 7) is 13.0. The van der Waals surface area contributed by atoms with Crippen molar-refractivity contribution in [2.24, 2.45) is 55.8 Å². The molecule has 0 aliphatic heterocycles. The van der Waals surface area contributed by atoms with Crippen molar-refractivity contribution >= 4 is 0 Å². The SMILES string of the molecule is CCC(OCCCN=[N+]=[N-])C1[C@@H]2CCC([C@H](C)CCCO)[C@@]2(C)[C@@H](OCCCN=[N+]=[N-])C[C@@H]1[C@]1(C)CC[C@H](OCCCN=[N+]=[N-])CC1. The van der Waals surface area contributed by atoms with Crippen LogP contribution in [0, 0.1) is 40.4 Å². The molecule has 0 bridgehead atoms. The number of aliphatic hydroxyl groups is 1. The maximum atomic E-state index is 9.66. The fraction of sp³-hybridized carbons (Fsp3) is 1.00. The van der Waals surface area contributed by atoms with Gasteiger partial charge >= 0.3 is 0 Å². The number of hydrogen-bond acceptors (Lipinski definition) is 7. The zero-order chi connectivity index (χ0) is 34.1. The molecule has 3 unspecified atom stereocenters. The first-order valence-electron chi connectivity index (χ1n) is 18.3. The average molecular weight is 660 g/mol. The molecule has 0 saturated heterocycles. The van der Waals surface area contributed by atoms with Gasteiger partial charge in [-0.25, -0.2) is 0 Å². The van der Waals surface area contributed by atoms with Crippen molar-refractivity contribution in [2.75, 3.05) is 46.1 Å². The summed E-state index contributed by atoms with van der Waals surface area (Å²) in [4.78, 5) is 8.69. The van der Waals surface area contributed by atoms with Gasteiger partial charge in [0.2, 0.25) is 0 Å². The number of nitrogens with zero attached hydrogens (tertiary/aromatic N) is 9. The lowest BCUT2D eigenvalue weighted by atomic mass is 9.48. The van der Waals surface area contributed by atoms with Crippen molar-refractivity contribution in [3.05, 3.63) is 31.3 Å². The van der Waals surface area contributed by atoms with Gasteiger partial charge in [0.15, 0.2) is 0 Å². The van der Waals surface area contributed by atoms with Crippen LogP contribution in [0.25, 0.3) is 31.3 Å². The minimum absolute atomic E-state index is 0.0288. The van der Waals surface area contributed by atoms with Crippen LogP contribution < -0.4 is 0 Å². The molecule has 3 fully saturated rings. The molecule has 0 heterocycles. The Bertz CT molecular complexity index is 1070. The van der Waals surface area contributed by atoms with Gasteiger partial charge in [-0.3, -0.25) is 0 Å². The first-order chi connectivity index (χ1) is 22.8. The minimum atomic E-state index is -0.0288. The lowest BCUT2D eigenvalue weighted by Gasteiger charge is -2.60. The Labute approximate surface area is 281 Å². The highest BCUT2D eigenvalue weighted by molar-refractivity contribution is 5.12. The molecule has 0 spiro atoms. The van der Waals surface area contributed by atoms with Crippen LogP contribution in [-0.2, 0) is 14.2 Å². The Kier molecular flexibility index (Phi) is 17.0. The summed E-state index contributed by atoms with van der Waals surface area (Å²) in [6, 6.07) is 0. The van der Waals surface area contributed by atoms with Crippen LogP contribution >= 0.6 is 0 Å². The molecule has 0 aromatic carbocycles. The molecule has 3 saturated carbocycles. The number of hydrogen-bond donors (Lipinski definition) is 1. The van der Waals surface area contributed by atoms with E-state index < -0.39 is 0 Å². The van der Waals surface area contributed by atoms with Crippen LogP contribution in [0.4, 0.5) is 0 Å². The van der Waals surface area contributed by atoms with Crippen molar-refractivity contribution in [3.8, 4) is 0 Å². The zero-order valence-corrected chi connectivity index (χ0v) is 29.5. The number of ether oxygens (including phenoxy) is 3. The van der Waals surface area contributed by atoms with Crippen molar-refractivity contribution in [1.29, 1.82) is 0 Å². The number of azide groups is 3. The molecule has 0 radical (unpaired) electrons. The molecular weight excluding hydrogens is 598 g/mol. The molecule has 3 aliphatic carbocycles. The second kappa shape index (κ2) is 20.3. The van der Waals surface area contributed by atoms with Crippen molar-refractivity contribution in [3.63, 3.8) is 0 Å². The summed E-state index contributed by atoms with van der Waals surface area (Å²) in [5.41, 5.74) is 26.2. The highest BCUT2D eigenvalue weighted by Gasteiger charge is 2.63. The Balaban J connectivity index is 1.91. The predicted octanol–water partition coefficient (Wildman–Crippen LogP) is 9.31. The second-order valence-electron chi connectivity index (χ2n) is 14.7. The van der Waals surface area contributed by atoms with Crippen molar-refractivity contribution in [1.82, 2.24) is 0 Å². The third-order valence-corrected chi connectivity index (χ3v) is 12.2. The lowest BCUT2D eigenvalue weighted by molar-refractivity contribution is -0.192. The molecule has 0 amide bonds. The summed E-state index contributed by atoms with van der Waals surface area (Å²) in [5, 5.41) is 20.8. The standard InChI is InChI=1S/C34H61N9O4/c1-5-30(46-22-8-18-39-42-36)32-28-12-11-27(25(2)10-6-20-44)34(28,4)31(47-23-9-19-40-43-37)24-29(32)33(3)15-13-26(14-16-33)45-21-7-17-38-41-35/h25-32,44H,5-24H2,1-4H3/t25-,26-,27?,28+,29+,30?,31+,32?,33+,34-/m1/s1. The van der Waals surface area contributed by atoms with E-state index in [2.05, 4.69) is 57.8 Å². The van der Waals surface area contributed by atoms with Crippen LogP contribution in [0.3, 0.4) is 0 Å². The molecule has 13 nitrogen and oxygen atoms in total. The van der Waals surface area contributed by atoms with E-state index in [9.17, 15) is 5.11 Å². The summed E-state index contributed by atoms with van der Waals surface area (Å²) < 4.78 is 19.9. The van der Waals surface area contributed by atoms with Crippen molar-refractivity contribution < 1.29 is 19.3 Å². The van der Waals surface area contributed by atoms with Gasteiger partial charge in [-0.05, 0) is 135 Å². The molecular formula is C34H61N9O4. The van der Waals surface area contributed by atoms with Crippen LogP contribution in [0.2, 0.25) is 0 Å². The van der Waals surface area contributed by atoms with Gasteiger partial charge in [-0.15, -0.1) is 0 Å². The molecule has 47 heavy (non-hydrogen) atoms. The smallest absolute Gasteiger partial charge is 0.0637 e. The van der Waals surface area contributed by atoms with Crippen LogP contribution in [-0.4, -0.2) is 69.5 Å². The van der Waals surface area contributed by atoms with Crippen LogP contribution in [0.1, 0.15) is 111 Å². The molecule has 13 heteroatoms. The second-order valence-corrected chi connectivity index (χ2v) is 14.7. The number of rotatable bonds is 22. The van der Waals surface area contributed by atoms with Gasteiger partial charge in [0.25, 0.3) is 0 Å². The van der Waals surface area contributed by atoms with E-state index in [1.54, 1.807) is 0 Å². The number of fused-ring (bicyclic) bond motifs is 1. The van der Waals surface area contributed by atoms with Crippen LogP contribution in [0.15, 0.2) is 15.3 Å². The Hall–Kier alpha value is -2.23. The van der Waals surface area contributed by atoms with E-state index in [0.717, 1.165) is 70.6 Å². The minimum Gasteiger partial charge on any atom is -0.396 e. The largest absolute Gasteiger partial charge is 0.396 e. The topological polar surface area (TPSA) is 194 Å². The van der Waals surface area contributed by atoms with E-state index in [-0.39, 0.29) is 35.7 Å². The zero-order valence-electron chi connectivity index (χ0n) is 29.5. The van der Waals surface area contributed by atoms with Gasteiger partial charge < -0.3 is 19.3 Å². The van der Waals surface area contributed by atoms with E-state index in [4.69, 9.17) is 30.8 Å². The summed E-state index contributed by atoms with van der Waals surface area (Å²) in [7, 11) is 0. The van der Waals surface area contributed by atoms with Gasteiger partial charge in [0, 0.05) is 66.2 Å². The van der Waals surface area contributed by atoms with E-state index in [1.165, 1.54) is 0 Å². The Morgan fingerprint density at radius 1 is 0.809 bits per heavy atom. The summed E-state index contributed by atoms with van der Waals surface area (Å²) in [6.07, 6.45) is 12.9. The fourth-order valence-corrected chi connectivity index (χ4v) is 9.83. The summed E-state index contributed by atoms with van der Waals surface area (Å²) in [5.74, 6) is 2.22. The van der Waals surface area contributed by atoms with Gasteiger partial charge in [-0.1, -0.05) is 43.0 Å². The highest BCUT2D eigenvalue weighted by Crippen LogP contribution is 2.66. The molecule has 266 valence electrons. The van der Waals surface area contributed by atoms with E-state index >= 15 is 0 Å². The molecule has 3 rings (SSSR count). The first-order valence-corrected chi connectivity index (χ1v) is 18.3.